The standard InChI is InChI=1S/C15H20N4O2S2/c1-18-14(16-17-15(18)22-2)12-7-6-8-13(11-12)23(20,21)19-9-4-3-5-10-19/h6-8,11H,3-5,9-10H2,1-2H3. The SMILES string of the molecule is CSc1nnc(-c2cccc(S(=O)(=O)N3CCCCC3)c2)n1C. The molecular formula is C15H20N4O2S2. The van der Waals surface area contributed by atoms with Crippen LogP contribution in [0.5, 0.6) is 0 Å². The molecule has 124 valence electrons. The highest BCUT2D eigenvalue weighted by molar-refractivity contribution is 7.98. The van der Waals surface area contributed by atoms with Crippen LogP contribution in [0, 0.1) is 0 Å². The van der Waals surface area contributed by atoms with Gasteiger partial charge < -0.3 is 4.57 Å². The Morgan fingerprint density at radius 3 is 2.52 bits per heavy atom. The minimum Gasteiger partial charge on any atom is -0.305 e. The van der Waals surface area contributed by atoms with Gasteiger partial charge in [0.1, 0.15) is 0 Å². The maximum absolute atomic E-state index is 12.8. The smallest absolute Gasteiger partial charge is 0.243 e. The van der Waals surface area contributed by atoms with Gasteiger partial charge in [-0.25, -0.2) is 8.42 Å². The number of piperidine rings is 1. The third-order valence-electron chi connectivity index (χ3n) is 4.06. The lowest BCUT2D eigenvalue weighted by Crippen LogP contribution is -2.35. The molecule has 2 heterocycles. The molecule has 1 saturated heterocycles. The zero-order valence-electron chi connectivity index (χ0n) is 13.3. The predicted octanol–water partition coefficient (Wildman–Crippen LogP) is 2.38. The zero-order chi connectivity index (χ0) is 16.4. The minimum absolute atomic E-state index is 0.325. The first-order chi connectivity index (χ1) is 11.0. The molecule has 1 fully saturated rings. The lowest BCUT2D eigenvalue weighted by molar-refractivity contribution is 0.346. The lowest BCUT2D eigenvalue weighted by Gasteiger charge is -2.26. The van der Waals surface area contributed by atoms with Crippen molar-refractivity contribution in [2.45, 2.75) is 29.3 Å². The summed E-state index contributed by atoms with van der Waals surface area (Å²) in [5.74, 6) is 0.671. The molecule has 0 N–H and O–H groups in total. The molecule has 2 aromatic rings. The molecular weight excluding hydrogens is 332 g/mol. The monoisotopic (exact) mass is 352 g/mol. The summed E-state index contributed by atoms with van der Waals surface area (Å²) in [6, 6.07) is 6.97. The summed E-state index contributed by atoms with van der Waals surface area (Å²) in [4.78, 5) is 0.325. The van der Waals surface area contributed by atoms with Crippen LogP contribution in [0.1, 0.15) is 19.3 Å². The Morgan fingerprint density at radius 1 is 1.13 bits per heavy atom. The van der Waals surface area contributed by atoms with Gasteiger partial charge in [-0.05, 0) is 31.2 Å². The van der Waals surface area contributed by atoms with Crippen molar-refractivity contribution >= 4 is 21.8 Å². The number of hydrogen-bond acceptors (Lipinski definition) is 5. The maximum atomic E-state index is 12.8. The van der Waals surface area contributed by atoms with Crippen molar-refractivity contribution < 1.29 is 8.42 Å². The molecule has 0 aliphatic carbocycles. The summed E-state index contributed by atoms with van der Waals surface area (Å²) in [7, 11) is -1.55. The van der Waals surface area contributed by atoms with Crippen molar-refractivity contribution in [3.8, 4) is 11.4 Å². The van der Waals surface area contributed by atoms with Gasteiger partial charge in [0.05, 0.1) is 4.90 Å². The van der Waals surface area contributed by atoms with E-state index in [1.54, 1.807) is 22.5 Å². The molecule has 0 saturated carbocycles. The van der Waals surface area contributed by atoms with Gasteiger partial charge in [-0.3, -0.25) is 0 Å². The van der Waals surface area contributed by atoms with E-state index in [4.69, 9.17) is 0 Å². The maximum Gasteiger partial charge on any atom is 0.243 e. The van der Waals surface area contributed by atoms with Crippen molar-refractivity contribution in [1.29, 1.82) is 0 Å². The molecule has 23 heavy (non-hydrogen) atoms. The number of aromatic nitrogens is 3. The molecule has 0 radical (unpaired) electrons. The third-order valence-corrected chi connectivity index (χ3v) is 6.68. The molecule has 1 aromatic carbocycles. The van der Waals surface area contributed by atoms with Gasteiger partial charge in [-0.1, -0.05) is 30.3 Å². The quantitative estimate of drug-likeness (QED) is 0.790. The Balaban J connectivity index is 1.97. The minimum atomic E-state index is -3.43. The summed E-state index contributed by atoms with van der Waals surface area (Å²) in [6.45, 7) is 1.21. The fraction of sp³-hybridized carbons (Fsp3) is 0.467. The molecule has 1 aromatic heterocycles. The van der Waals surface area contributed by atoms with Crippen molar-refractivity contribution in [2.75, 3.05) is 19.3 Å². The fourth-order valence-corrected chi connectivity index (χ4v) is 4.84. The second-order valence-electron chi connectivity index (χ2n) is 5.56. The second-order valence-corrected chi connectivity index (χ2v) is 8.27. The van der Waals surface area contributed by atoms with E-state index in [0.717, 1.165) is 30.0 Å². The first-order valence-corrected chi connectivity index (χ1v) is 10.2. The lowest BCUT2D eigenvalue weighted by atomic mass is 10.2. The average Bonchev–Trinajstić information content (AvgIpc) is 2.96. The highest BCUT2D eigenvalue weighted by Crippen LogP contribution is 2.26. The Bertz CT molecular complexity index is 796. The molecule has 1 aliphatic heterocycles. The molecule has 3 rings (SSSR count). The Kier molecular flexibility index (Phi) is 4.74. The first-order valence-electron chi connectivity index (χ1n) is 7.58. The summed E-state index contributed by atoms with van der Waals surface area (Å²) in [5.41, 5.74) is 0.762. The summed E-state index contributed by atoms with van der Waals surface area (Å²) >= 11 is 1.51. The van der Waals surface area contributed by atoms with Crippen LogP contribution >= 0.6 is 11.8 Å². The van der Waals surface area contributed by atoms with Gasteiger partial charge in [0.15, 0.2) is 11.0 Å². The molecule has 0 atom stereocenters. The Labute approximate surface area is 141 Å². The number of benzene rings is 1. The van der Waals surface area contributed by atoms with E-state index < -0.39 is 10.0 Å². The van der Waals surface area contributed by atoms with Crippen molar-refractivity contribution in [1.82, 2.24) is 19.1 Å². The van der Waals surface area contributed by atoms with Crippen LogP contribution in [-0.4, -0.2) is 46.8 Å². The fourth-order valence-electron chi connectivity index (χ4n) is 2.79. The van der Waals surface area contributed by atoms with E-state index >= 15 is 0 Å². The predicted molar refractivity (Wildman–Crippen MR) is 90.8 cm³/mol. The molecule has 0 spiro atoms. The van der Waals surface area contributed by atoms with E-state index in [2.05, 4.69) is 10.2 Å². The number of rotatable bonds is 4. The van der Waals surface area contributed by atoms with E-state index in [1.165, 1.54) is 11.8 Å². The van der Waals surface area contributed by atoms with Crippen LogP contribution in [0.15, 0.2) is 34.3 Å². The highest BCUT2D eigenvalue weighted by Gasteiger charge is 2.26. The Hall–Kier alpha value is -1.38. The van der Waals surface area contributed by atoms with Crippen LogP contribution < -0.4 is 0 Å². The van der Waals surface area contributed by atoms with Gasteiger partial charge >= 0.3 is 0 Å². The number of hydrogen-bond donors (Lipinski definition) is 0. The number of sulfonamides is 1. The molecule has 1 aliphatic rings. The van der Waals surface area contributed by atoms with Gasteiger partial charge in [-0.2, -0.15) is 4.31 Å². The molecule has 0 unspecified atom stereocenters. The van der Waals surface area contributed by atoms with Gasteiger partial charge in [0.2, 0.25) is 10.0 Å². The first kappa shape index (κ1) is 16.5. The van der Waals surface area contributed by atoms with Crippen molar-refractivity contribution in [3.63, 3.8) is 0 Å². The van der Waals surface area contributed by atoms with E-state index in [9.17, 15) is 8.42 Å². The topological polar surface area (TPSA) is 68.1 Å². The van der Waals surface area contributed by atoms with Crippen LogP contribution in [0.2, 0.25) is 0 Å². The van der Waals surface area contributed by atoms with Crippen molar-refractivity contribution in [2.24, 2.45) is 7.05 Å². The van der Waals surface area contributed by atoms with Gasteiger partial charge in [0.25, 0.3) is 0 Å². The van der Waals surface area contributed by atoms with Crippen LogP contribution in [0.25, 0.3) is 11.4 Å². The highest BCUT2D eigenvalue weighted by atomic mass is 32.2. The largest absolute Gasteiger partial charge is 0.305 e. The zero-order valence-corrected chi connectivity index (χ0v) is 14.9. The third kappa shape index (κ3) is 3.15. The normalized spacial score (nSPS) is 16.6. The number of nitrogens with zero attached hydrogens (tertiary/aromatic N) is 4. The van der Waals surface area contributed by atoms with E-state index in [0.29, 0.717) is 23.8 Å². The molecule has 8 heteroatoms. The molecule has 0 amide bonds. The Morgan fingerprint density at radius 2 is 1.87 bits per heavy atom. The molecule has 0 bridgehead atoms. The molecule has 6 nitrogen and oxygen atoms in total. The number of thioether (sulfide) groups is 1. The summed E-state index contributed by atoms with van der Waals surface area (Å²) in [5, 5.41) is 9.08. The van der Waals surface area contributed by atoms with E-state index in [-0.39, 0.29) is 0 Å². The summed E-state index contributed by atoms with van der Waals surface area (Å²) in [6.07, 6.45) is 4.89. The van der Waals surface area contributed by atoms with Crippen molar-refractivity contribution in [3.05, 3.63) is 24.3 Å². The van der Waals surface area contributed by atoms with Crippen LogP contribution in [0.4, 0.5) is 0 Å². The van der Waals surface area contributed by atoms with Gasteiger partial charge in [-0.15, -0.1) is 10.2 Å². The van der Waals surface area contributed by atoms with Crippen LogP contribution in [-0.2, 0) is 17.1 Å². The summed E-state index contributed by atoms with van der Waals surface area (Å²) < 4.78 is 29.0. The van der Waals surface area contributed by atoms with E-state index in [1.807, 2.05) is 23.9 Å². The van der Waals surface area contributed by atoms with Gasteiger partial charge in [0, 0.05) is 25.7 Å². The second kappa shape index (κ2) is 6.62. The average molecular weight is 352 g/mol. The van der Waals surface area contributed by atoms with Crippen LogP contribution in [0.3, 0.4) is 0 Å².